The summed E-state index contributed by atoms with van der Waals surface area (Å²) in [7, 11) is 0. The van der Waals surface area contributed by atoms with Crippen molar-refractivity contribution in [3.8, 4) is 0 Å². The van der Waals surface area contributed by atoms with Gasteiger partial charge < -0.3 is 15.4 Å². The maximum absolute atomic E-state index is 12.9. The van der Waals surface area contributed by atoms with E-state index in [0.717, 1.165) is 28.1 Å². The molecule has 0 radical (unpaired) electrons. The van der Waals surface area contributed by atoms with Crippen LogP contribution >= 0.6 is 11.8 Å². The molecule has 1 aromatic heterocycles. The van der Waals surface area contributed by atoms with Crippen LogP contribution in [-0.4, -0.2) is 16.6 Å². The zero-order valence-corrected chi connectivity index (χ0v) is 11.7. The van der Waals surface area contributed by atoms with Gasteiger partial charge in [0.1, 0.15) is 11.2 Å². The molecule has 2 heterocycles. The molecule has 0 aliphatic carbocycles. The van der Waals surface area contributed by atoms with Crippen molar-refractivity contribution in [3.05, 3.63) is 60.3 Å². The minimum absolute atomic E-state index is 0.265. The molecular formula is C15H12FN3OS. The lowest BCUT2D eigenvalue weighted by Crippen LogP contribution is -2.16. The molecule has 0 amide bonds. The number of benzene rings is 1. The number of nitrogens with zero attached hydrogens (tertiary/aromatic N) is 1. The summed E-state index contributed by atoms with van der Waals surface area (Å²) in [6, 6.07) is 7.98. The lowest BCUT2D eigenvalue weighted by Gasteiger charge is -2.12. The van der Waals surface area contributed by atoms with E-state index in [1.54, 1.807) is 30.7 Å². The zero-order chi connectivity index (χ0) is 14.7. The van der Waals surface area contributed by atoms with Gasteiger partial charge in [-0.15, -0.1) is 0 Å². The van der Waals surface area contributed by atoms with Crippen LogP contribution in [0.3, 0.4) is 0 Å². The third kappa shape index (κ3) is 3.05. The molecule has 6 heteroatoms. The van der Waals surface area contributed by atoms with E-state index in [-0.39, 0.29) is 11.2 Å². The fourth-order valence-electron chi connectivity index (χ4n) is 1.96. The van der Waals surface area contributed by atoms with Crippen molar-refractivity contribution in [2.75, 3.05) is 5.32 Å². The minimum atomic E-state index is -0.275. The third-order valence-corrected chi connectivity index (χ3v) is 4.06. The number of carbonyl (C=O) groups is 1. The molecule has 0 saturated carbocycles. The van der Waals surface area contributed by atoms with Crippen molar-refractivity contribution in [1.29, 1.82) is 0 Å². The molecule has 0 spiro atoms. The molecule has 1 atom stereocenters. The van der Waals surface area contributed by atoms with Crippen LogP contribution < -0.4 is 10.6 Å². The number of nitrogens with one attached hydrogen (secondary N) is 2. The Morgan fingerprint density at radius 1 is 1.29 bits per heavy atom. The predicted octanol–water partition coefficient (Wildman–Crippen LogP) is 3.12. The van der Waals surface area contributed by atoms with Gasteiger partial charge in [-0.1, -0.05) is 11.8 Å². The number of pyridine rings is 1. The smallest absolute Gasteiger partial charge is 0.152 e. The molecule has 106 valence electrons. The van der Waals surface area contributed by atoms with Gasteiger partial charge in [0.25, 0.3) is 0 Å². The summed E-state index contributed by atoms with van der Waals surface area (Å²) in [5.41, 5.74) is 2.53. The average Bonchev–Trinajstić information content (AvgIpc) is 2.99. The van der Waals surface area contributed by atoms with Gasteiger partial charge in [0, 0.05) is 34.7 Å². The van der Waals surface area contributed by atoms with E-state index in [9.17, 15) is 9.18 Å². The molecule has 1 unspecified atom stereocenters. The largest absolute Gasteiger partial charge is 0.372 e. The highest BCUT2D eigenvalue weighted by atomic mass is 32.2. The Labute approximate surface area is 125 Å². The summed E-state index contributed by atoms with van der Waals surface area (Å²) < 4.78 is 12.9. The van der Waals surface area contributed by atoms with E-state index < -0.39 is 0 Å². The van der Waals surface area contributed by atoms with Gasteiger partial charge in [-0.3, -0.25) is 4.98 Å². The number of anilines is 2. The molecule has 0 saturated heterocycles. The van der Waals surface area contributed by atoms with Crippen LogP contribution in [0.25, 0.3) is 4.91 Å². The Kier molecular flexibility index (Phi) is 3.87. The van der Waals surface area contributed by atoms with Crippen molar-refractivity contribution in [2.24, 2.45) is 0 Å². The third-order valence-electron chi connectivity index (χ3n) is 2.97. The molecule has 0 fully saturated rings. The van der Waals surface area contributed by atoms with E-state index in [4.69, 9.17) is 0 Å². The Morgan fingerprint density at radius 2 is 2.10 bits per heavy atom. The highest BCUT2D eigenvalue weighted by Crippen LogP contribution is 2.37. The summed E-state index contributed by atoms with van der Waals surface area (Å²) in [5, 5.41) is 5.95. The fourth-order valence-corrected chi connectivity index (χ4v) is 2.85. The first-order valence-corrected chi connectivity index (χ1v) is 7.19. The Hall–Kier alpha value is -2.34. The summed E-state index contributed by atoms with van der Waals surface area (Å²) in [6.45, 7) is 0. The first-order chi connectivity index (χ1) is 10.3. The summed E-state index contributed by atoms with van der Waals surface area (Å²) >= 11 is 1.43. The van der Waals surface area contributed by atoms with Crippen LogP contribution in [-0.2, 0) is 4.79 Å². The molecule has 1 aliphatic heterocycles. The van der Waals surface area contributed by atoms with Gasteiger partial charge in [-0.05, 0) is 30.3 Å². The van der Waals surface area contributed by atoms with Crippen LogP contribution in [0.2, 0.25) is 0 Å². The summed E-state index contributed by atoms with van der Waals surface area (Å²) in [6.07, 6.45) is 6.08. The van der Waals surface area contributed by atoms with E-state index in [1.807, 2.05) is 6.07 Å². The van der Waals surface area contributed by atoms with Crippen LogP contribution in [0.1, 0.15) is 5.56 Å². The van der Waals surface area contributed by atoms with Gasteiger partial charge in [-0.2, -0.15) is 0 Å². The Morgan fingerprint density at radius 3 is 2.81 bits per heavy atom. The van der Waals surface area contributed by atoms with Gasteiger partial charge in [0.05, 0.1) is 5.69 Å². The lowest BCUT2D eigenvalue weighted by molar-refractivity contribution is -0.107. The monoisotopic (exact) mass is 301 g/mol. The second kappa shape index (κ2) is 5.97. The summed E-state index contributed by atoms with van der Waals surface area (Å²) in [5.74, 6) is -0.275. The Bertz CT molecular complexity index is 688. The minimum Gasteiger partial charge on any atom is -0.372 e. The highest BCUT2D eigenvalue weighted by Gasteiger charge is 2.19. The van der Waals surface area contributed by atoms with E-state index in [0.29, 0.717) is 0 Å². The van der Waals surface area contributed by atoms with Crippen LogP contribution in [0.5, 0.6) is 0 Å². The van der Waals surface area contributed by atoms with Crippen LogP contribution in [0, 0.1) is 5.82 Å². The van der Waals surface area contributed by atoms with Crippen molar-refractivity contribution < 1.29 is 9.18 Å². The van der Waals surface area contributed by atoms with Crippen molar-refractivity contribution in [1.82, 2.24) is 10.3 Å². The molecule has 4 nitrogen and oxygen atoms in total. The summed E-state index contributed by atoms with van der Waals surface area (Å²) in [4.78, 5) is 15.9. The second-order valence-electron chi connectivity index (χ2n) is 4.40. The molecule has 0 bridgehead atoms. The van der Waals surface area contributed by atoms with Crippen molar-refractivity contribution in [3.63, 3.8) is 0 Å². The molecule has 1 aliphatic rings. The van der Waals surface area contributed by atoms with E-state index in [2.05, 4.69) is 15.6 Å². The zero-order valence-electron chi connectivity index (χ0n) is 10.9. The quantitative estimate of drug-likeness (QED) is 0.850. The number of hydrogen-bond acceptors (Lipinski definition) is 5. The van der Waals surface area contributed by atoms with Crippen molar-refractivity contribution in [2.45, 2.75) is 5.37 Å². The number of carbonyl (C=O) groups excluding carboxylic acids is 1. The topological polar surface area (TPSA) is 54.0 Å². The number of aromatic nitrogens is 1. The standard InChI is InChI=1S/C15H12FN3OS/c16-10-1-3-11(4-2-10)19-13-5-6-17-7-12(13)14-8-18-15(9-20)21-14/h1-9,15,18H,(H,17,19). The maximum Gasteiger partial charge on any atom is 0.152 e. The Balaban J connectivity index is 1.86. The maximum atomic E-state index is 12.9. The number of thioether (sulfide) groups is 1. The molecule has 3 rings (SSSR count). The number of rotatable bonds is 4. The van der Waals surface area contributed by atoms with Crippen LogP contribution in [0.15, 0.2) is 48.9 Å². The normalized spacial score (nSPS) is 17.0. The van der Waals surface area contributed by atoms with E-state index >= 15 is 0 Å². The predicted molar refractivity (Wildman–Crippen MR) is 82.5 cm³/mol. The first-order valence-electron chi connectivity index (χ1n) is 6.31. The van der Waals surface area contributed by atoms with Gasteiger partial charge in [0.15, 0.2) is 6.29 Å². The van der Waals surface area contributed by atoms with Crippen molar-refractivity contribution >= 4 is 34.3 Å². The molecule has 1 aromatic carbocycles. The molecule has 21 heavy (non-hydrogen) atoms. The SMILES string of the molecule is O=CC1NC=C(c2cnccc2Nc2ccc(F)cc2)S1. The molecule has 2 N–H and O–H groups in total. The number of hydrogen-bond donors (Lipinski definition) is 2. The van der Waals surface area contributed by atoms with Gasteiger partial charge in [0.2, 0.25) is 0 Å². The number of halogens is 1. The van der Waals surface area contributed by atoms with Gasteiger partial charge in [-0.25, -0.2) is 4.39 Å². The van der Waals surface area contributed by atoms with Gasteiger partial charge >= 0.3 is 0 Å². The second-order valence-corrected chi connectivity index (χ2v) is 5.59. The molecular weight excluding hydrogens is 289 g/mol. The first kappa shape index (κ1) is 13.6. The lowest BCUT2D eigenvalue weighted by atomic mass is 10.2. The number of aldehydes is 1. The molecule has 2 aromatic rings. The average molecular weight is 301 g/mol. The van der Waals surface area contributed by atoms with E-state index in [1.165, 1.54) is 23.9 Å². The fraction of sp³-hybridized carbons (Fsp3) is 0.0667. The van der Waals surface area contributed by atoms with Crippen LogP contribution in [0.4, 0.5) is 15.8 Å². The highest BCUT2D eigenvalue weighted by molar-refractivity contribution is 8.09.